The average Bonchev–Trinajstić information content (AvgIpc) is 2.59. The summed E-state index contributed by atoms with van der Waals surface area (Å²) in [5.74, 6) is -0.0561. The first-order valence-electron chi connectivity index (χ1n) is 6.97. The minimum atomic E-state index is -0.683. The van der Waals surface area contributed by atoms with E-state index in [1.54, 1.807) is 25.4 Å². The zero-order valence-electron chi connectivity index (χ0n) is 12.9. The Kier molecular flexibility index (Phi) is 5.48. The van der Waals surface area contributed by atoms with Crippen LogP contribution in [0.25, 0.3) is 6.08 Å². The summed E-state index contributed by atoms with van der Waals surface area (Å²) in [6.07, 6.45) is 3.07. The van der Waals surface area contributed by atoms with Crippen LogP contribution in [0.1, 0.15) is 16.8 Å². The zero-order valence-corrected chi connectivity index (χ0v) is 12.9. The molecule has 0 saturated carbocycles. The van der Waals surface area contributed by atoms with E-state index in [0.717, 1.165) is 11.1 Å². The Morgan fingerprint density at radius 1 is 1.30 bits per heavy atom. The van der Waals surface area contributed by atoms with E-state index in [1.165, 1.54) is 6.08 Å². The molecule has 5 nitrogen and oxygen atoms in total. The SMILES string of the molecule is COc1ccnc(COC(=O)C(C#N)=Cc2ccc(C)cc2)c1. The van der Waals surface area contributed by atoms with Crippen LogP contribution in [-0.2, 0) is 16.1 Å². The Hall–Kier alpha value is -3.13. The first kappa shape index (κ1) is 16.2. The number of nitriles is 1. The molecule has 2 aromatic rings. The number of carbonyl (C=O) groups excluding carboxylic acids is 1. The van der Waals surface area contributed by atoms with Gasteiger partial charge in [0, 0.05) is 12.3 Å². The van der Waals surface area contributed by atoms with Gasteiger partial charge in [-0.15, -0.1) is 0 Å². The van der Waals surface area contributed by atoms with Crippen molar-refractivity contribution in [3.63, 3.8) is 0 Å². The molecule has 0 fully saturated rings. The van der Waals surface area contributed by atoms with Crippen molar-refractivity contribution in [3.8, 4) is 11.8 Å². The van der Waals surface area contributed by atoms with E-state index in [2.05, 4.69) is 4.98 Å². The Labute approximate surface area is 134 Å². The smallest absolute Gasteiger partial charge is 0.349 e. The highest BCUT2D eigenvalue weighted by atomic mass is 16.5. The lowest BCUT2D eigenvalue weighted by molar-refractivity contribution is -0.139. The molecule has 0 aliphatic heterocycles. The van der Waals surface area contributed by atoms with Gasteiger partial charge in [-0.3, -0.25) is 4.98 Å². The number of hydrogen-bond acceptors (Lipinski definition) is 5. The van der Waals surface area contributed by atoms with E-state index in [-0.39, 0.29) is 12.2 Å². The molecule has 116 valence electrons. The molecule has 0 atom stereocenters. The number of nitrogens with zero attached hydrogens (tertiary/aromatic N) is 2. The molecule has 0 amide bonds. The molecule has 1 aromatic carbocycles. The fourth-order valence-electron chi connectivity index (χ4n) is 1.85. The fraction of sp³-hybridized carbons (Fsp3) is 0.167. The van der Waals surface area contributed by atoms with Gasteiger partial charge in [-0.05, 0) is 24.6 Å². The predicted molar refractivity (Wildman–Crippen MR) is 85.4 cm³/mol. The summed E-state index contributed by atoms with van der Waals surface area (Å²) in [4.78, 5) is 16.1. The van der Waals surface area contributed by atoms with E-state index in [4.69, 9.17) is 14.7 Å². The molecule has 0 bridgehead atoms. The van der Waals surface area contributed by atoms with E-state index in [0.29, 0.717) is 11.4 Å². The average molecular weight is 308 g/mol. The number of methoxy groups -OCH3 is 1. The Balaban J connectivity index is 2.05. The van der Waals surface area contributed by atoms with E-state index in [1.807, 2.05) is 37.3 Å². The van der Waals surface area contributed by atoms with Crippen LogP contribution in [-0.4, -0.2) is 18.1 Å². The second-order valence-corrected chi connectivity index (χ2v) is 4.84. The normalized spacial score (nSPS) is 10.7. The van der Waals surface area contributed by atoms with Crippen LogP contribution >= 0.6 is 0 Å². The zero-order chi connectivity index (χ0) is 16.7. The highest BCUT2D eigenvalue weighted by Gasteiger charge is 2.11. The summed E-state index contributed by atoms with van der Waals surface area (Å²) >= 11 is 0. The van der Waals surface area contributed by atoms with Crippen LogP contribution in [0.2, 0.25) is 0 Å². The topological polar surface area (TPSA) is 72.2 Å². The summed E-state index contributed by atoms with van der Waals surface area (Å²) in [5.41, 5.74) is 2.36. The lowest BCUT2D eigenvalue weighted by atomic mass is 10.1. The van der Waals surface area contributed by atoms with Crippen molar-refractivity contribution in [1.82, 2.24) is 4.98 Å². The number of benzene rings is 1. The third-order valence-electron chi connectivity index (χ3n) is 3.10. The molecular formula is C18H16N2O3. The molecule has 23 heavy (non-hydrogen) atoms. The van der Waals surface area contributed by atoms with Gasteiger partial charge in [0.2, 0.25) is 0 Å². The monoisotopic (exact) mass is 308 g/mol. The van der Waals surface area contributed by atoms with Crippen molar-refractivity contribution in [2.24, 2.45) is 0 Å². The maximum atomic E-state index is 12.0. The van der Waals surface area contributed by atoms with E-state index >= 15 is 0 Å². The fourth-order valence-corrected chi connectivity index (χ4v) is 1.85. The lowest BCUT2D eigenvalue weighted by Crippen LogP contribution is -2.07. The van der Waals surface area contributed by atoms with Crippen LogP contribution in [0.5, 0.6) is 5.75 Å². The van der Waals surface area contributed by atoms with Gasteiger partial charge in [-0.25, -0.2) is 4.79 Å². The first-order chi connectivity index (χ1) is 11.1. The van der Waals surface area contributed by atoms with Crippen molar-refractivity contribution in [2.75, 3.05) is 7.11 Å². The quantitative estimate of drug-likeness (QED) is 0.482. The maximum absolute atomic E-state index is 12.0. The molecule has 0 N–H and O–H groups in total. The van der Waals surface area contributed by atoms with E-state index < -0.39 is 5.97 Å². The highest BCUT2D eigenvalue weighted by Crippen LogP contribution is 2.13. The van der Waals surface area contributed by atoms with Gasteiger partial charge in [0.25, 0.3) is 0 Å². The third kappa shape index (κ3) is 4.68. The largest absolute Gasteiger partial charge is 0.497 e. The van der Waals surface area contributed by atoms with Crippen LogP contribution in [0.15, 0.2) is 48.2 Å². The highest BCUT2D eigenvalue weighted by molar-refractivity contribution is 5.97. The summed E-state index contributed by atoms with van der Waals surface area (Å²) < 4.78 is 10.2. The van der Waals surface area contributed by atoms with Crippen molar-refractivity contribution >= 4 is 12.0 Å². The van der Waals surface area contributed by atoms with Crippen LogP contribution < -0.4 is 4.74 Å². The second-order valence-electron chi connectivity index (χ2n) is 4.84. The van der Waals surface area contributed by atoms with Gasteiger partial charge in [0.15, 0.2) is 0 Å². The Morgan fingerprint density at radius 3 is 2.70 bits per heavy atom. The van der Waals surface area contributed by atoms with Gasteiger partial charge in [-0.2, -0.15) is 5.26 Å². The Morgan fingerprint density at radius 2 is 2.04 bits per heavy atom. The molecule has 1 heterocycles. The molecule has 1 aromatic heterocycles. The number of carbonyl (C=O) groups is 1. The van der Waals surface area contributed by atoms with Gasteiger partial charge in [0.1, 0.15) is 24.0 Å². The second kappa shape index (κ2) is 7.76. The summed E-state index contributed by atoms with van der Waals surface area (Å²) in [6, 6.07) is 12.7. The summed E-state index contributed by atoms with van der Waals surface area (Å²) in [7, 11) is 1.54. The van der Waals surface area contributed by atoms with Crippen LogP contribution in [0.3, 0.4) is 0 Å². The molecule has 0 radical (unpaired) electrons. The molecule has 0 spiro atoms. The van der Waals surface area contributed by atoms with Gasteiger partial charge < -0.3 is 9.47 Å². The molecular weight excluding hydrogens is 292 g/mol. The molecule has 0 aliphatic rings. The van der Waals surface area contributed by atoms with Crippen molar-refractivity contribution < 1.29 is 14.3 Å². The van der Waals surface area contributed by atoms with Gasteiger partial charge in [0.05, 0.1) is 12.8 Å². The van der Waals surface area contributed by atoms with Gasteiger partial charge in [-0.1, -0.05) is 29.8 Å². The molecule has 5 heteroatoms. The standard InChI is InChI=1S/C18H16N2O3/c1-13-3-5-14(6-4-13)9-15(11-19)18(21)23-12-16-10-17(22-2)7-8-20-16/h3-10H,12H2,1-2H3. The number of hydrogen-bond donors (Lipinski definition) is 0. The van der Waals surface area contributed by atoms with Crippen molar-refractivity contribution in [2.45, 2.75) is 13.5 Å². The summed E-state index contributed by atoms with van der Waals surface area (Å²) in [5, 5.41) is 9.14. The third-order valence-corrected chi connectivity index (χ3v) is 3.10. The minimum Gasteiger partial charge on any atom is -0.497 e. The minimum absolute atomic E-state index is 0.0249. The number of pyridine rings is 1. The lowest BCUT2D eigenvalue weighted by Gasteiger charge is -2.05. The first-order valence-corrected chi connectivity index (χ1v) is 6.97. The number of rotatable bonds is 5. The predicted octanol–water partition coefficient (Wildman–Crippen LogP) is 3.05. The number of esters is 1. The van der Waals surface area contributed by atoms with Crippen molar-refractivity contribution in [3.05, 3.63) is 65.0 Å². The number of aryl methyl sites for hydroxylation is 1. The summed E-state index contributed by atoms with van der Waals surface area (Å²) in [6.45, 7) is 1.94. The molecule has 0 unspecified atom stereocenters. The van der Waals surface area contributed by atoms with E-state index in [9.17, 15) is 4.79 Å². The van der Waals surface area contributed by atoms with Gasteiger partial charge >= 0.3 is 5.97 Å². The number of aromatic nitrogens is 1. The van der Waals surface area contributed by atoms with Crippen molar-refractivity contribution in [1.29, 1.82) is 5.26 Å². The molecule has 0 saturated heterocycles. The number of ether oxygens (including phenoxy) is 2. The Bertz CT molecular complexity index is 759. The van der Waals surface area contributed by atoms with Crippen LogP contribution in [0.4, 0.5) is 0 Å². The maximum Gasteiger partial charge on any atom is 0.349 e. The molecule has 2 rings (SSSR count). The van der Waals surface area contributed by atoms with Crippen LogP contribution in [0, 0.1) is 18.3 Å². The molecule has 0 aliphatic carbocycles.